The second-order valence-corrected chi connectivity index (χ2v) is 8.11. The fraction of sp³-hybridized carbons (Fsp3) is 0.500. The number of carbonyl (C=O) groups is 1. The number of carboxylic acids is 1. The minimum absolute atomic E-state index is 0.104. The lowest BCUT2D eigenvalue weighted by Gasteiger charge is -2.21. The summed E-state index contributed by atoms with van der Waals surface area (Å²) in [6.45, 7) is 0.472. The van der Waals surface area contributed by atoms with Crippen LogP contribution in [0.5, 0.6) is 0 Å². The molecule has 0 spiro atoms. The Morgan fingerprint density at radius 2 is 1.86 bits per heavy atom. The lowest BCUT2D eigenvalue weighted by molar-refractivity contribution is -0.136. The van der Waals surface area contributed by atoms with E-state index in [2.05, 4.69) is 4.72 Å². The summed E-state index contributed by atoms with van der Waals surface area (Å²) >= 11 is 1.91. The molecule has 0 aliphatic carbocycles. The maximum atomic E-state index is 12.2. The van der Waals surface area contributed by atoms with E-state index in [-0.39, 0.29) is 11.3 Å². The summed E-state index contributed by atoms with van der Waals surface area (Å²) in [5.41, 5.74) is 0.589. The second kappa shape index (κ2) is 7.29. The lowest BCUT2D eigenvalue weighted by atomic mass is 10.0. The van der Waals surface area contributed by atoms with Gasteiger partial charge in [0.25, 0.3) is 0 Å². The monoisotopic (exact) mass is 329 g/mol. The Balaban J connectivity index is 1.96. The van der Waals surface area contributed by atoms with Gasteiger partial charge in [0.2, 0.25) is 10.0 Å². The van der Waals surface area contributed by atoms with E-state index in [0.29, 0.717) is 18.0 Å². The number of aliphatic carboxylic acids is 1. The van der Waals surface area contributed by atoms with E-state index in [1.807, 2.05) is 11.8 Å². The Bertz CT molecular complexity index is 577. The molecule has 0 radical (unpaired) electrons. The Morgan fingerprint density at radius 3 is 2.43 bits per heavy atom. The van der Waals surface area contributed by atoms with Gasteiger partial charge in [0.1, 0.15) is 0 Å². The van der Waals surface area contributed by atoms with Crippen molar-refractivity contribution in [1.29, 1.82) is 0 Å². The summed E-state index contributed by atoms with van der Waals surface area (Å²) < 4.78 is 27.0. The zero-order chi connectivity index (χ0) is 15.3. The highest BCUT2D eigenvalue weighted by Gasteiger charge is 2.19. The number of carboxylic acid groups (broad SMARTS) is 1. The smallest absolute Gasteiger partial charge is 0.307 e. The number of hydrogen-bond donors (Lipinski definition) is 2. The van der Waals surface area contributed by atoms with Crippen molar-refractivity contribution >= 4 is 27.8 Å². The predicted octanol–water partition coefficient (Wildman–Crippen LogP) is 1.74. The van der Waals surface area contributed by atoms with E-state index in [1.54, 1.807) is 12.1 Å². The maximum Gasteiger partial charge on any atom is 0.307 e. The van der Waals surface area contributed by atoms with Crippen molar-refractivity contribution in [2.24, 2.45) is 5.92 Å². The molecule has 1 aromatic rings. The topological polar surface area (TPSA) is 83.5 Å². The summed E-state index contributed by atoms with van der Waals surface area (Å²) in [4.78, 5) is 10.8. The van der Waals surface area contributed by atoms with E-state index in [0.717, 1.165) is 24.3 Å². The van der Waals surface area contributed by atoms with Crippen LogP contribution in [0.25, 0.3) is 0 Å². The van der Waals surface area contributed by atoms with Crippen LogP contribution in [0.2, 0.25) is 0 Å². The van der Waals surface area contributed by atoms with Gasteiger partial charge in [-0.25, -0.2) is 13.1 Å². The van der Waals surface area contributed by atoms with Crippen molar-refractivity contribution in [3.8, 4) is 0 Å². The maximum absolute atomic E-state index is 12.2. The minimum Gasteiger partial charge on any atom is -0.481 e. The average molecular weight is 329 g/mol. The largest absolute Gasteiger partial charge is 0.481 e. The standard InChI is InChI=1S/C14H19NO4S2/c16-14(17)9-11-1-3-13(4-2-11)21(18,19)15-10-12-5-7-20-8-6-12/h1-4,12,15H,5-10H2,(H,16,17). The fourth-order valence-electron chi connectivity index (χ4n) is 2.22. The average Bonchev–Trinajstić information content (AvgIpc) is 2.46. The Hall–Kier alpha value is -1.05. The number of thioether (sulfide) groups is 1. The summed E-state index contributed by atoms with van der Waals surface area (Å²) in [6.07, 6.45) is 1.99. The second-order valence-electron chi connectivity index (χ2n) is 5.12. The minimum atomic E-state index is -3.51. The van der Waals surface area contributed by atoms with E-state index >= 15 is 0 Å². The van der Waals surface area contributed by atoms with Crippen molar-refractivity contribution in [3.63, 3.8) is 0 Å². The Kier molecular flexibility index (Phi) is 5.66. The quantitative estimate of drug-likeness (QED) is 0.830. The molecular weight excluding hydrogens is 310 g/mol. The molecule has 0 amide bonds. The first-order chi connectivity index (χ1) is 9.97. The van der Waals surface area contributed by atoms with Crippen LogP contribution in [0.3, 0.4) is 0 Å². The molecule has 2 rings (SSSR count). The number of hydrogen-bond acceptors (Lipinski definition) is 4. The summed E-state index contributed by atoms with van der Waals surface area (Å²) in [7, 11) is -3.51. The molecule has 1 fully saturated rings. The zero-order valence-electron chi connectivity index (χ0n) is 11.6. The molecule has 116 valence electrons. The van der Waals surface area contributed by atoms with Gasteiger partial charge >= 0.3 is 5.97 Å². The number of rotatable bonds is 6. The third-order valence-corrected chi connectivity index (χ3v) is 5.98. The van der Waals surface area contributed by atoms with Crippen molar-refractivity contribution < 1.29 is 18.3 Å². The molecule has 0 atom stereocenters. The highest BCUT2D eigenvalue weighted by Crippen LogP contribution is 2.22. The van der Waals surface area contributed by atoms with Crippen LogP contribution >= 0.6 is 11.8 Å². The van der Waals surface area contributed by atoms with Gasteiger partial charge in [-0.1, -0.05) is 12.1 Å². The molecule has 21 heavy (non-hydrogen) atoms. The first kappa shape index (κ1) is 16.3. The molecule has 0 unspecified atom stereocenters. The van der Waals surface area contributed by atoms with E-state index in [4.69, 9.17) is 5.11 Å². The molecular formula is C14H19NO4S2. The summed E-state index contributed by atoms with van der Waals surface area (Å²) in [5, 5.41) is 8.69. The van der Waals surface area contributed by atoms with E-state index in [1.165, 1.54) is 12.1 Å². The molecule has 1 saturated heterocycles. The molecule has 7 heteroatoms. The van der Waals surface area contributed by atoms with Crippen molar-refractivity contribution in [2.45, 2.75) is 24.2 Å². The van der Waals surface area contributed by atoms with Gasteiger partial charge in [0.05, 0.1) is 11.3 Å². The number of sulfonamides is 1. The summed E-state index contributed by atoms with van der Waals surface area (Å²) in [5.74, 6) is 1.67. The third-order valence-electron chi connectivity index (χ3n) is 3.49. The van der Waals surface area contributed by atoms with Crippen LogP contribution in [-0.2, 0) is 21.2 Å². The van der Waals surface area contributed by atoms with Crippen LogP contribution in [-0.4, -0.2) is 37.5 Å². The van der Waals surface area contributed by atoms with Crippen molar-refractivity contribution in [1.82, 2.24) is 4.72 Å². The molecule has 1 aromatic carbocycles. The lowest BCUT2D eigenvalue weighted by Crippen LogP contribution is -2.31. The first-order valence-electron chi connectivity index (χ1n) is 6.85. The Morgan fingerprint density at radius 1 is 1.24 bits per heavy atom. The molecule has 1 aliphatic heterocycles. The van der Waals surface area contributed by atoms with Crippen molar-refractivity contribution in [3.05, 3.63) is 29.8 Å². The molecule has 0 bridgehead atoms. The van der Waals surface area contributed by atoms with Gasteiger partial charge in [-0.05, 0) is 48.0 Å². The van der Waals surface area contributed by atoms with Gasteiger partial charge in [-0.15, -0.1) is 0 Å². The van der Waals surface area contributed by atoms with Crippen molar-refractivity contribution in [2.75, 3.05) is 18.1 Å². The summed E-state index contributed by atoms with van der Waals surface area (Å²) in [6, 6.07) is 5.99. The molecule has 5 nitrogen and oxygen atoms in total. The molecule has 1 heterocycles. The molecule has 0 saturated carbocycles. The van der Waals surface area contributed by atoms with Gasteiger partial charge in [0, 0.05) is 6.54 Å². The molecule has 1 aliphatic rings. The van der Waals surface area contributed by atoms with Gasteiger partial charge in [-0.3, -0.25) is 4.79 Å². The first-order valence-corrected chi connectivity index (χ1v) is 9.49. The van der Waals surface area contributed by atoms with Gasteiger partial charge in [0.15, 0.2) is 0 Å². The molecule has 2 N–H and O–H groups in total. The third kappa shape index (κ3) is 5.01. The zero-order valence-corrected chi connectivity index (χ0v) is 13.3. The number of nitrogens with one attached hydrogen (secondary N) is 1. The highest BCUT2D eigenvalue weighted by molar-refractivity contribution is 7.99. The van der Waals surface area contributed by atoms with E-state index in [9.17, 15) is 13.2 Å². The van der Waals surface area contributed by atoms with Crippen LogP contribution < -0.4 is 4.72 Å². The fourth-order valence-corrected chi connectivity index (χ4v) is 4.54. The normalized spacial score (nSPS) is 16.8. The SMILES string of the molecule is O=C(O)Cc1ccc(S(=O)(=O)NCC2CCSCC2)cc1. The number of benzene rings is 1. The van der Waals surface area contributed by atoms with Crippen LogP contribution in [0.4, 0.5) is 0 Å². The van der Waals surface area contributed by atoms with E-state index < -0.39 is 16.0 Å². The van der Waals surface area contributed by atoms with Gasteiger partial charge < -0.3 is 5.11 Å². The van der Waals surface area contributed by atoms with Gasteiger partial charge in [-0.2, -0.15) is 11.8 Å². The Labute approximate surface area is 129 Å². The predicted molar refractivity (Wildman–Crippen MR) is 83.0 cm³/mol. The van der Waals surface area contributed by atoms with Crippen LogP contribution in [0, 0.1) is 5.92 Å². The van der Waals surface area contributed by atoms with Crippen LogP contribution in [0.1, 0.15) is 18.4 Å². The highest BCUT2D eigenvalue weighted by atomic mass is 32.2. The van der Waals surface area contributed by atoms with Crippen LogP contribution in [0.15, 0.2) is 29.2 Å². The molecule has 0 aromatic heterocycles.